The van der Waals surface area contributed by atoms with Crippen LogP contribution in [0.2, 0.25) is 0 Å². The fourth-order valence-corrected chi connectivity index (χ4v) is 4.98. The van der Waals surface area contributed by atoms with Gasteiger partial charge in [0, 0.05) is 24.7 Å². The van der Waals surface area contributed by atoms with E-state index in [2.05, 4.69) is 39.0 Å². The molecule has 0 radical (unpaired) electrons. The lowest BCUT2D eigenvalue weighted by Gasteiger charge is -2.07. The van der Waals surface area contributed by atoms with Crippen LogP contribution >= 0.6 is 0 Å². The number of nitrogens with one attached hydrogen (secondary N) is 2. The predicted octanol–water partition coefficient (Wildman–Crippen LogP) is 4.28. The van der Waals surface area contributed by atoms with Gasteiger partial charge in [-0.3, -0.25) is 4.79 Å². The summed E-state index contributed by atoms with van der Waals surface area (Å²) in [5, 5.41) is 2.31. The Morgan fingerprint density at radius 1 is 1.03 bits per heavy atom. The third-order valence-electron chi connectivity index (χ3n) is 5.74. The lowest BCUT2D eigenvalue weighted by molar-refractivity contribution is -0.119. The molecule has 31 heavy (non-hydrogen) atoms. The van der Waals surface area contributed by atoms with Crippen LogP contribution in [-0.2, 0) is 21.2 Å². The van der Waals surface area contributed by atoms with Crippen molar-refractivity contribution in [2.45, 2.75) is 23.7 Å². The molecule has 2 atom stereocenters. The van der Waals surface area contributed by atoms with E-state index in [9.17, 15) is 13.2 Å². The molecule has 1 aliphatic carbocycles. The summed E-state index contributed by atoms with van der Waals surface area (Å²) in [6.45, 7) is 0. The molecule has 1 saturated carbocycles. The van der Waals surface area contributed by atoms with Crippen LogP contribution in [0.15, 0.2) is 84.0 Å². The summed E-state index contributed by atoms with van der Waals surface area (Å²) in [7, 11) is -3.70. The average molecular weight is 432 g/mol. The summed E-state index contributed by atoms with van der Waals surface area (Å²) in [6, 6.07) is 21.0. The Morgan fingerprint density at radius 2 is 1.81 bits per heavy atom. The van der Waals surface area contributed by atoms with E-state index in [0.29, 0.717) is 6.42 Å². The number of sulfonamides is 1. The van der Waals surface area contributed by atoms with Crippen molar-refractivity contribution >= 4 is 32.5 Å². The van der Waals surface area contributed by atoms with Gasteiger partial charge in [-0.15, -0.1) is 0 Å². The second kappa shape index (κ2) is 7.67. The smallest absolute Gasteiger partial charge is 0.264 e. The summed E-state index contributed by atoms with van der Waals surface area (Å²) < 4.78 is 27.3. The molecule has 0 saturated heterocycles. The number of aromatic amines is 1. The Kier molecular flexibility index (Phi) is 4.82. The summed E-state index contributed by atoms with van der Waals surface area (Å²) in [4.78, 5) is 19.5. The number of H-pyrrole nitrogens is 1. The number of rotatable bonds is 7. The van der Waals surface area contributed by atoms with Crippen LogP contribution in [0.25, 0.3) is 10.8 Å². The first-order chi connectivity index (χ1) is 15.0. The van der Waals surface area contributed by atoms with Crippen molar-refractivity contribution in [1.29, 1.82) is 0 Å². The standard InChI is InChI=1S/C24H21N3O3S/c28-23(14-16-5-6-17-3-1-2-4-19(17)13-16)22-15-21(22)18-7-9-20(10-8-18)31(29,30)27-24-25-11-12-26-24/h1-13,21-22H,14-15H2,(H2,25,26,27)/t21-,22+/m0/s1. The molecule has 5 rings (SSSR count). The van der Waals surface area contributed by atoms with Gasteiger partial charge in [-0.1, -0.05) is 54.6 Å². The summed E-state index contributed by atoms with van der Waals surface area (Å²) in [5.41, 5.74) is 2.02. The molecule has 0 unspecified atom stereocenters. The molecule has 0 spiro atoms. The number of fused-ring (bicyclic) bond motifs is 1. The zero-order valence-electron chi connectivity index (χ0n) is 16.7. The van der Waals surface area contributed by atoms with E-state index < -0.39 is 10.0 Å². The van der Waals surface area contributed by atoms with Crippen LogP contribution in [0.4, 0.5) is 5.95 Å². The molecule has 0 aliphatic heterocycles. The molecular formula is C24H21N3O3S. The lowest BCUT2D eigenvalue weighted by atomic mass is 10.00. The number of carbonyl (C=O) groups excluding carboxylic acids is 1. The molecule has 1 fully saturated rings. The molecule has 6 nitrogen and oxygen atoms in total. The molecule has 1 heterocycles. The van der Waals surface area contributed by atoms with Crippen LogP contribution in [0.3, 0.4) is 0 Å². The zero-order chi connectivity index (χ0) is 21.4. The summed E-state index contributed by atoms with van der Waals surface area (Å²) >= 11 is 0. The van der Waals surface area contributed by atoms with E-state index in [4.69, 9.17) is 0 Å². The summed E-state index contributed by atoms with van der Waals surface area (Å²) in [5.74, 6) is 0.556. The van der Waals surface area contributed by atoms with E-state index >= 15 is 0 Å². The first kappa shape index (κ1) is 19.5. The molecule has 7 heteroatoms. The zero-order valence-corrected chi connectivity index (χ0v) is 17.5. The minimum atomic E-state index is -3.70. The fraction of sp³-hybridized carbons (Fsp3) is 0.167. The molecule has 3 aromatic carbocycles. The molecule has 0 bridgehead atoms. The maximum atomic E-state index is 12.8. The maximum Gasteiger partial charge on any atom is 0.264 e. The maximum absolute atomic E-state index is 12.8. The number of nitrogens with zero attached hydrogens (tertiary/aromatic N) is 1. The highest BCUT2D eigenvalue weighted by molar-refractivity contribution is 7.92. The molecular weight excluding hydrogens is 410 g/mol. The van der Waals surface area contributed by atoms with Crippen molar-refractivity contribution in [2.24, 2.45) is 5.92 Å². The van der Waals surface area contributed by atoms with E-state index in [-0.39, 0.29) is 28.5 Å². The van der Waals surface area contributed by atoms with Crippen LogP contribution in [0.5, 0.6) is 0 Å². The molecule has 156 valence electrons. The van der Waals surface area contributed by atoms with E-state index in [1.54, 1.807) is 30.5 Å². The largest absolute Gasteiger partial charge is 0.330 e. The van der Waals surface area contributed by atoms with Gasteiger partial charge in [0.15, 0.2) is 0 Å². The van der Waals surface area contributed by atoms with Gasteiger partial charge in [0.25, 0.3) is 10.0 Å². The van der Waals surface area contributed by atoms with Crippen molar-refractivity contribution in [3.63, 3.8) is 0 Å². The van der Waals surface area contributed by atoms with Crippen LogP contribution < -0.4 is 4.72 Å². The highest BCUT2D eigenvalue weighted by Crippen LogP contribution is 2.48. The van der Waals surface area contributed by atoms with Gasteiger partial charge in [-0.2, -0.15) is 0 Å². The number of imidazole rings is 1. The van der Waals surface area contributed by atoms with Crippen LogP contribution in [0.1, 0.15) is 23.5 Å². The topological polar surface area (TPSA) is 91.9 Å². The molecule has 1 aromatic heterocycles. The molecule has 0 amide bonds. The minimum Gasteiger partial charge on any atom is -0.330 e. The highest BCUT2D eigenvalue weighted by Gasteiger charge is 2.43. The third-order valence-corrected chi connectivity index (χ3v) is 7.10. The number of carbonyl (C=O) groups is 1. The number of hydrogen-bond acceptors (Lipinski definition) is 4. The van der Waals surface area contributed by atoms with Gasteiger partial charge in [0.1, 0.15) is 5.78 Å². The average Bonchev–Trinajstić information content (AvgIpc) is 3.43. The SMILES string of the molecule is O=C(Cc1ccc2ccccc2c1)[C@@H]1C[C@H]1c1ccc(S(=O)(=O)Nc2ncc[nH]2)cc1. The Bertz CT molecular complexity index is 1350. The van der Waals surface area contributed by atoms with Crippen LogP contribution in [-0.4, -0.2) is 24.2 Å². The highest BCUT2D eigenvalue weighted by atomic mass is 32.2. The van der Waals surface area contributed by atoms with Crippen molar-refractivity contribution in [3.05, 3.63) is 90.3 Å². The van der Waals surface area contributed by atoms with Crippen molar-refractivity contribution in [1.82, 2.24) is 9.97 Å². The van der Waals surface area contributed by atoms with Crippen molar-refractivity contribution in [3.8, 4) is 0 Å². The lowest BCUT2D eigenvalue weighted by Crippen LogP contribution is -2.14. The second-order valence-corrected chi connectivity index (χ2v) is 9.57. The Hall–Kier alpha value is -3.45. The quantitative estimate of drug-likeness (QED) is 0.457. The van der Waals surface area contributed by atoms with Crippen molar-refractivity contribution < 1.29 is 13.2 Å². The summed E-state index contributed by atoms with van der Waals surface area (Å²) in [6.07, 6.45) is 4.25. The monoisotopic (exact) mass is 431 g/mol. The first-order valence-electron chi connectivity index (χ1n) is 10.1. The van der Waals surface area contributed by atoms with Gasteiger partial charge in [0.2, 0.25) is 5.95 Å². The number of benzene rings is 3. The third kappa shape index (κ3) is 4.09. The second-order valence-electron chi connectivity index (χ2n) is 7.89. The molecule has 1 aliphatic rings. The van der Waals surface area contributed by atoms with Gasteiger partial charge >= 0.3 is 0 Å². The molecule has 4 aromatic rings. The van der Waals surface area contributed by atoms with Crippen molar-refractivity contribution in [2.75, 3.05) is 4.72 Å². The number of hydrogen-bond donors (Lipinski definition) is 2. The van der Waals surface area contributed by atoms with E-state index in [1.165, 1.54) is 11.6 Å². The number of aromatic nitrogens is 2. The first-order valence-corrected chi connectivity index (χ1v) is 11.6. The predicted molar refractivity (Wildman–Crippen MR) is 119 cm³/mol. The molecule has 2 N–H and O–H groups in total. The van der Waals surface area contributed by atoms with Crippen LogP contribution in [0, 0.1) is 5.92 Å². The van der Waals surface area contributed by atoms with E-state index in [0.717, 1.165) is 22.9 Å². The van der Waals surface area contributed by atoms with Gasteiger partial charge in [0.05, 0.1) is 4.90 Å². The number of ketones is 1. The van der Waals surface area contributed by atoms with Gasteiger partial charge in [-0.25, -0.2) is 18.1 Å². The number of anilines is 1. The van der Waals surface area contributed by atoms with Gasteiger partial charge in [-0.05, 0) is 46.4 Å². The Morgan fingerprint density at radius 3 is 2.55 bits per heavy atom. The Labute approximate surface area is 180 Å². The van der Waals surface area contributed by atoms with E-state index in [1.807, 2.05) is 18.2 Å². The Balaban J connectivity index is 1.24. The van der Waals surface area contributed by atoms with Gasteiger partial charge < -0.3 is 4.98 Å². The normalized spacial score (nSPS) is 18.1. The number of Topliss-reactive ketones (excluding diaryl/α,β-unsaturated/α-hetero) is 1. The fourth-order valence-electron chi connectivity index (χ4n) is 4.00. The minimum absolute atomic E-state index is 0.00447.